The standard InChI is InChI=1S/C29H31FN4O6S/c1-18(19-9-6-5-7-10-19)32-17-24-22-14-13-21(39-29(36)34(3)4)16-26(22)40-28(35)23(24)15-20-11-8-12-25(27(20)30)33-41(37,38)31-2/h5-14,16,18,31-33H,15,17H2,1-4H3. The van der Waals surface area contributed by atoms with E-state index in [0.717, 1.165) is 5.56 Å². The minimum Gasteiger partial charge on any atom is -0.422 e. The summed E-state index contributed by atoms with van der Waals surface area (Å²) in [5, 5.41) is 3.99. The first-order valence-electron chi connectivity index (χ1n) is 12.7. The molecule has 0 spiro atoms. The molecular weight excluding hydrogens is 551 g/mol. The highest BCUT2D eigenvalue weighted by molar-refractivity contribution is 7.90. The first-order valence-corrected chi connectivity index (χ1v) is 14.2. The number of nitrogens with zero attached hydrogens (tertiary/aromatic N) is 1. The third kappa shape index (κ3) is 7.09. The van der Waals surface area contributed by atoms with Gasteiger partial charge >= 0.3 is 11.7 Å². The monoisotopic (exact) mass is 582 g/mol. The second-order valence-electron chi connectivity index (χ2n) is 9.55. The summed E-state index contributed by atoms with van der Waals surface area (Å²) in [7, 11) is 0.333. The number of rotatable bonds is 10. The number of halogens is 1. The van der Waals surface area contributed by atoms with Crippen molar-refractivity contribution >= 4 is 33.0 Å². The molecule has 4 rings (SSSR count). The first-order chi connectivity index (χ1) is 19.5. The minimum atomic E-state index is -3.96. The Kier molecular flexibility index (Phi) is 9.06. The summed E-state index contributed by atoms with van der Waals surface area (Å²) in [4.78, 5) is 26.6. The van der Waals surface area contributed by atoms with Crippen LogP contribution in [-0.2, 0) is 23.2 Å². The van der Waals surface area contributed by atoms with E-state index in [-0.39, 0.29) is 47.2 Å². The third-order valence-electron chi connectivity index (χ3n) is 6.51. The van der Waals surface area contributed by atoms with E-state index in [9.17, 15) is 18.0 Å². The lowest BCUT2D eigenvalue weighted by Crippen LogP contribution is -2.27. The van der Waals surface area contributed by atoms with Crippen molar-refractivity contribution < 1.29 is 26.8 Å². The number of hydrogen-bond acceptors (Lipinski definition) is 7. The van der Waals surface area contributed by atoms with Crippen LogP contribution in [0.4, 0.5) is 14.9 Å². The van der Waals surface area contributed by atoms with Gasteiger partial charge in [-0.3, -0.25) is 4.72 Å². The minimum absolute atomic E-state index is 0.0809. The number of fused-ring (bicyclic) bond motifs is 1. The van der Waals surface area contributed by atoms with Gasteiger partial charge < -0.3 is 19.4 Å². The van der Waals surface area contributed by atoms with E-state index >= 15 is 4.39 Å². The van der Waals surface area contributed by atoms with Gasteiger partial charge in [-0.15, -0.1) is 0 Å². The van der Waals surface area contributed by atoms with E-state index in [1.54, 1.807) is 26.2 Å². The largest absolute Gasteiger partial charge is 0.422 e. The number of hydrogen-bond donors (Lipinski definition) is 3. The van der Waals surface area contributed by atoms with Gasteiger partial charge in [0.1, 0.15) is 11.3 Å². The van der Waals surface area contributed by atoms with Crippen LogP contribution in [0, 0.1) is 5.82 Å². The van der Waals surface area contributed by atoms with Gasteiger partial charge in [-0.1, -0.05) is 42.5 Å². The summed E-state index contributed by atoms with van der Waals surface area (Å²) in [6, 6.07) is 18.6. The Labute approximate surface area is 237 Å². The fraction of sp³-hybridized carbons (Fsp3) is 0.241. The predicted molar refractivity (Wildman–Crippen MR) is 155 cm³/mol. The van der Waals surface area contributed by atoms with Crippen molar-refractivity contribution in [1.29, 1.82) is 0 Å². The second kappa shape index (κ2) is 12.5. The molecule has 1 heterocycles. The van der Waals surface area contributed by atoms with E-state index in [1.165, 1.54) is 36.2 Å². The number of anilines is 1. The number of amides is 1. The molecule has 0 radical (unpaired) electrons. The first kappa shape index (κ1) is 29.7. The smallest absolute Gasteiger partial charge is 0.414 e. The fourth-order valence-corrected chi connectivity index (χ4v) is 4.77. The number of carbonyl (C=O) groups is 1. The zero-order valence-electron chi connectivity index (χ0n) is 23.0. The zero-order valence-corrected chi connectivity index (χ0v) is 23.8. The highest BCUT2D eigenvalue weighted by Crippen LogP contribution is 2.28. The molecule has 1 aromatic heterocycles. The van der Waals surface area contributed by atoms with Gasteiger partial charge in [0.25, 0.3) is 10.2 Å². The number of ether oxygens (including phenoxy) is 1. The SMILES string of the molecule is CNS(=O)(=O)Nc1cccc(Cc2c(CNC(C)c3ccccc3)c3ccc(OC(=O)N(C)C)cc3oc2=O)c1F. The van der Waals surface area contributed by atoms with E-state index in [2.05, 4.69) is 14.8 Å². The molecule has 10 nitrogen and oxygen atoms in total. The summed E-state index contributed by atoms with van der Waals surface area (Å²) in [5.74, 6) is -0.618. The summed E-state index contributed by atoms with van der Waals surface area (Å²) >= 11 is 0. The predicted octanol–water partition coefficient (Wildman–Crippen LogP) is 4.31. The zero-order chi connectivity index (χ0) is 29.7. The average molecular weight is 583 g/mol. The molecule has 0 saturated carbocycles. The Morgan fingerprint density at radius 2 is 1.78 bits per heavy atom. The number of benzene rings is 3. The normalized spacial score (nSPS) is 12.2. The lowest BCUT2D eigenvalue weighted by molar-refractivity contribution is 0.172. The highest BCUT2D eigenvalue weighted by atomic mass is 32.2. The molecule has 0 aliphatic carbocycles. The van der Waals surface area contributed by atoms with Gasteiger partial charge in [0.05, 0.1) is 5.69 Å². The van der Waals surface area contributed by atoms with E-state index < -0.39 is 27.7 Å². The molecule has 0 fully saturated rings. The highest BCUT2D eigenvalue weighted by Gasteiger charge is 2.21. The molecule has 12 heteroatoms. The topological polar surface area (TPSA) is 130 Å². The van der Waals surface area contributed by atoms with Crippen molar-refractivity contribution in [3.8, 4) is 5.75 Å². The molecule has 1 unspecified atom stereocenters. The molecule has 0 saturated heterocycles. The van der Waals surface area contributed by atoms with Crippen molar-refractivity contribution in [3.05, 3.63) is 105 Å². The van der Waals surface area contributed by atoms with E-state index in [1.807, 2.05) is 37.3 Å². The summed E-state index contributed by atoms with van der Waals surface area (Å²) < 4.78 is 54.5. The quantitative estimate of drug-likeness (QED) is 0.238. The summed E-state index contributed by atoms with van der Waals surface area (Å²) in [6.45, 7) is 2.22. The summed E-state index contributed by atoms with van der Waals surface area (Å²) in [6.07, 6.45) is -0.751. The Bertz CT molecular complexity index is 1730. The molecule has 1 amide bonds. The lowest BCUT2D eigenvalue weighted by Gasteiger charge is -2.18. The van der Waals surface area contributed by atoms with Crippen molar-refractivity contribution in [1.82, 2.24) is 14.9 Å². The van der Waals surface area contributed by atoms with Crippen molar-refractivity contribution in [2.75, 3.05) is 25.9 Å². The maximum atomic E-state index is 15.4. The Balaban J connectivity index is 1.77. The Morgan fingerprint density at radius 1 is 1.05 bits per heavy atom. The molecule has 3 aromatic carbocycles. The Hall–Kier alpha value is -4.26. The molecule has 1 atom stereocenters. The summed E-state index contributed by atoms with van der Waals surface area (Å²) in [5.41, 5.74) is 1.16. The molecule has 216 valence electrons. The van der Waals surface area contributed by atoms with Crippen LogP contribution in [0.2, 0.25) is 0 Å². The van der Waals surface area contributed by atoms with Crippen LogP contribution < -0.4 is 25.1 Å². The molecule has 0 bridgehead atoms. The van der Waals surface area contributed by atoms with Gasteiger partial charge in [0.2, 0.25) is 0 Å². The van der Waals surface area contributed by atoms with Crippen molar-refractivity contribution in [2.24, 2.45) is 0 Å². The van der Waals surface area contributed by atoms with Crippen LogP contribution in [0.5, 0.6) is 5.75 Å². The van der Waals surface area contributed by atoms with Gasteiger partial charge in [-0.25, -0.2) is 18.7 Å². The van der Waals surface area contributed by atoms with E-state index in [0.29, 0.717) is 10.9 Å². The van der Waals surface area contributed by atoms with Crippen LogP contribution in [0.1, 0.15) is 35.2 Å². The molecule has 4 aromatic rings. The fourth-order valence-electron chi connectivity index (χ4n) is 4.22. The number of nitrogens with one attached hydrogen (secondary N) is 3. The van der Waals surface area contributed by atoms with Gasteiger partial charge in [-0.05, 0) is 41.8 Å². The van der Waals surface area contributed by atoms with Gasteiger partial charge in [0.15, 0.2) is 5.82 Å². The maximum Gasteiger partial charge on any atom is 0.414 e. The Morgan fingerprint density at radius 3 is 2.46 bits per heavy atom. The van der Waals surface area contributed by atoms with Crippen LogP contribution in [0.3, 0.4) is 0 Å². The lowest BCUT2D eigenvalue weighted by atomic mass is 9.97. The second-order valence-corrected chi connectivity index (χ2v) is 11.2. The molecular formula is C29H31FN4O6S. The molecule has 0 aliphatic heterocycles. The van der Waals surface area contributed by atoms with Crippen molar-refractivity contribution in [2.45, 2.75) is 25.9 Å². The van der Waals surface area contributed by atoms with Crippen LogP contribution >= 0.6 is 0 Å². The van der Waals surface area contributed by atoms with Crippen LogP contribution in [-0.4, -0.2) is 40.6 Å². The van der Waals surface area contributed by atoms with Crippen LogP contribution in [0.25, 0.3) is 11.0 Å². The molecule has 3 N–H and O–H groups in total. The molecule has 41 heavy (non-hydrogen) atoms. The average Bonchev–Trinajstić information content (AvgIpc) is 2.95. The third-order valence-corrected chi connectivity index (χ3v) is 7.53. The van der Waals surface area contributed by atoms with Crippen molar-refractivity contribution in [3.63, 3.8) is 0 Å². The van der Waals surface area contributed by atoms with Gasteiger partial charge in [0, 0.05) is 57.2 Å². The molecule has 0 aliphatic rings. The van der Waals surface area contributed by atoms with Crippen LogP contribution in [0.15, 0.2) is 75.9 Å². The van der Waals surface area contributed by atoms with Gasteiger partial charge in [-0.2, -0.15) is 8.42 Å². The van der Waals surface area contributed by atoms with E-state index in [4.69, 9.17) is 9.15 Å². The number of carbonyl (C=O) groups excluding carboxylic acids is 1. The maximum absolute atomic E-state index is 15.4.